The van der Waals surface area contributed by atoms with E-state index in [0.717, 1.165) is 37.5 Å². The maximum Gasteiger partial charge on any atom is 0.194 e. The van der Waals surface area contributed by atoms with Gasteiger partial charge in [-0.1, -0.05) is 67.2 Å². The lowest BCUT2D eigenvalue weighted by atomic mass is 10.0. The zero-order valence-electron chi connectivity index (χ0n) is 22.0. The van der Waals surface area contributed by atoms with Crippen LogP contribution in [0, 0.1) is 0 Å². The van der Waals surface area contributed by atoms with Gasteiger partial charge in [0, 0.05) is 99.6 Å². The van der Waals surface area contributed by atoms with Gasteiger partial charge in [0.15, 0.2) is 5.78 Å². The molecular weight excluding hydrogens is 1150 g/mol. The van der Waals surface area contributed by atoms with Crippen molar-refractivity contribution in [1.82, 2.24) is 0 Å². The smallest absolute Gasteiger partial charge is 0.194 e. The fourth-order valence-electron chi connectivity index (χ4n) is 3.47. The third-order valence-corrected chi connectivity index (χ3v) is 6.92. The van der Waals surface area contributed by atoms with Crippen LogP contribution in [-0.4, -0.2) is 19.0 Å². The average Bonchev–Trinajstić information content (AvgIpc) is 3.00. The molecule has 41 heavy (non-hydrogen) atoms. The molecule has 3 nitrogen and oxygen atoms in total. The lowest BCUT2D eigenvalue weighted by molar-refractivity contribution is 0.103. The molecule has 0 aliphatic rings. The van der Waals surface area contributed by atoms with Gasteiger partial charge in [-0.15, -0.1) is 0 Å². The van der Waals surface area contributed by atoms with Crippen LogP contribution < -0.4 is 9.47 Å². The van der Waals surface area contributed by atoms with E-state index < -0.39 is 0 Å². The summed E-state index contributed by atoms with van der Waals surface area (Å²) in [5.41, 5.74) is 3.41. The number of halogens is 8. The van der Waals surface area contributed by atoms with Crippen molar-refractivity contribution in [2.24, 2.45) is 0 Å². The van der Waals surface area contributed by atoms with Crippen LogP contribution in [0.1, 0.15) is 40.9 Å². The first-order valence-electron chi connectivity index (χ1n) is 12.0. The molecule has 0 radical (unpaired) electrons. The van der Waals surface area contributed by atoms with Crippen LogP contribution in [0.15, 0.2) is 93.9 Å². The van der Waals surface area contributed by atoms with Gasteiger partial charge in [-0.05, 0) is 104 Å². The van der Waals surface area contributed by atoms with Gasteiger partial charge in [0.1, 0.15) is 11.5 Å². The van der Waals surface area contributed by atoms with Crippen LogP contribution in [0.2, 0.25) is 10.0 Å². The molecule has 0 saturated carbocycles. The van der Waals surface area contributed by atoms with Gasteiger partial charge < -0.3 is 9.47 Å². The highest BCUT2D eigenvalue weighted by Crippen LogP contribution is 2.26. The second-order valence-electron chi connectivity index (χ2n) is 7.90. The van der Waals surface area contributed by atoms with E-state index in [1.807, 2.05) is 38.1 Å². The first-order chi connectivity index (χ1) is 19.8. The molecule has 0 aliphatic carbocycles. The Morgan fingerprint density at radius 1 is 0.683 bits per heavy atom. The van der Waals surface area contributed by atoms with Crippen LogP contribution >= 0.6 is 130 Å². The van der Waals surface area contributed by atoms with Crippen LogP contribution in [0.3, 0.4) is 0 Å². The Morgan fingerprint density at radius 3 is 1.66 bits per heavy atom. The summed E-state index contributed by atoms with van der Waals surface area (Å²) in [5.74, 6) is 1.55. The normalized spacial score (nSPS) is 9.61. The summed E-state index contributed by atoms with van der Waals surface area (Å²) in [6, 6.07) is 26.3. The summed E-state index contributed by atoms with van der Waals surface area (Å²) >= 11 is 27.5. The monoisotopic (exact) mass is 1170 g/mol. The highest BCUT2D eigenvalue weighted by molar-refractivity contribution is 15.0. The Hall–Kier alpha value is 0.610. The highest BCUT2D eigenvalue weighted by atomic mass is 128. The third kappa shape index (κ3) is 14.5. The lowest BCUT2D eigenvalue weighted by Gasteiger charge is -2.07. The predicted octanol–water partition coefficient (Wildman–Crippen LogP) is 13.4. The minimum Gasteiger partial charge on any atom is -0.494 e. The third-order valence-electron chi connectivity index (χ3n) is 5.24. The van der Waals surface area contributed by atoms with E-state index in [9.17, 15) is 4.79 Å². The fourth-order valence-corrected chi connectivity index (χ4v) is 4.62. The molecule has 0 spiro atoms. The standard InChI is InChI=1S/C15H12BrClO2.C15H14BrClO.2I2/c1-2-19-12-6-3-10(4-7-12)15(18)13-9-11(16)5-8-14(13)17;1-2-18-14-6-3-11(4-7-14)9-12-10-13(16)5-8-15(12)17;2*1-2/h3-9H,2H2,1H3;3-8,10H,2,9H2,1H3;;. The van der Waals surface area contributed by atoms with Crippen molar-refractivity contribution in [2.75, 3.05) is 13.2 Å². The summed E-state index contributed by atoms with van der Waals surface area (Å²) in [6.45, 7) is 5.19. The molecule has 4 aromatic carbocycles. The number of benzene rings is 4. The number of ether oxygens (including phenoxy) is 2. The van der Waals surface area contributed by atoms with Crippen LogP contribution in [0.4, 0.5) is 0 Å². The maximum absolute atomic E-state index is 12.3. The Morgan fingerprint density at radius 2 is 1.15 bits per heavy atom. The maximum atomic E-state index is 12.3. The number of carbonyl (C=O) groups is 1. The van der Waals surface area contributed by atoms with Gasteiger partial charge in [-0.2, -0.15) is 0 Å². The Labute approximate surface area is 316 Å². The van der Waals surface area contributed by atoms with E-state index in [1.165, 1.54) is 5.56 Å². The summed E-state index contributed by atoms with van der Waals surface area (Å²) in [4.78, 5) is 12.3. The molecule has 4 rings (SSSR count). The molecular formula is C30H26Br2Cl2I4O3. The van der Waals surface area contributed by atoms with Crippen molar-refractivity contribution in [3.05, 3.63) is 126 Å². The quantitative estimate of drug-likeness (QED) is 0.130. The highest BCUT2D eigenvalue weighted by Gasteiger charge is 2.13. The Kier molecular flexibility index (Phi) is 22.3. The van der Waals surface area contributed by atoms with Crippen molar-refractivity contribution >= 4 is 135 Å². The molecule has 0 atom stereocenters. The summed E-state index contributed by atoms with van der Waals surface area (Å²) in [7, 11) is 0. The van der Waals surface area contributed by atoms with Crippen molar-refractivity contribution in [3.63, 3.8) is 0 Å². The molecule has 0 saturated heterocycles. The molecule has 220 valence electrons. The number of hydrogen-bond acceptors (Lipinski definition) is 3. The Bertz CT molecular complexity index is 1340. The van der Waals surface area contributed by atoms with Crippen LogP contribution in [-0.2, 0) is 6.42 Å². The number of hydrogen-bond donors (Lipinski definition) is 0. The van der Waals surface area contributed by atoms with E-state index in [1.54, 1.807) is 42.5 Å². The van der Waals surface area contributed by atoms with Crippen LogP contribution in [0.25, 0.3) is 0 Å². The van der Waals surface area contributed by atoms with Crippen molar-refractivity contribution in [1.29, 1.82) is 0 Å². The van der Waals surface area contributed by atoms with E-state index in [0.29, 0.717) is 29.4 Å². The van der Waals surface area contributed by atoms with Gasteiger partial charge >= 0.3 is 0 Å². The lowest BCUT2D eigenvalue weighted by Crippen LogP contribution is -2.02. The molecule has 0 N–H and O–H groups in total. The van der Waals surface area contributed by atoms with Crippen molar-refractivity contribution in [2.45, 2.75) is 20.3 Å². The zero-order valence-corrected chi connectivity index (χ0v) is 35.3. The van der Waals surface area contributed by atoms with E-state index in [2.05, 4.69) is 125 Å². The second-order valence-corrected chi connectivity index (χ2v) is 10.5. The van der Waals surface area contributed by atoms with Gasteiger partial charge in [-0.25, -0.2) is 0 Å². The van der Waals surface area contributed by atoms with Gasteiger partial charge in [-0.3, -0.25) is 4.79 Å². The Balaban J connectivity index is 0.000000366. The predicted molar refractivity (Wildman–Crippen MR) is 216 cm³/mol. The first kappa shape index (κ1) is 39.6. The number of rotatable bonds is 8. The molecule has 4 aromatic rings. The largest absolute Gasteiger partial charge is 0.494 e. The SMILES string of the molecule is CCOc1ccc(C(=O)c2cc(Br)ccc2Cl)cc1.CCOc1ccc(Cc2cc(Br)ccc2Cl)cc1.II.II. The minimum atomic E-state index is -0.102. The number of carbonyl (C=O) groups excluding carboxylic acids is 1. The van der Waals surface area contributed by atoms with E-state index >= 15 is 0 Å². The number of ketones is 1. The summed E-state index contributed by atoms with van der Waals surface area (Å²) in [6.07, 6.45) is 0.824. The summed E-state index contributed by atoms with van der Waals surface area (Å²) < 4.78 is 12.6. The second kappa shape index (κ2) is 23.0. The van der Waals surface area contributed by atoms with Gasteiger partial charge in [0.05, 0.1) is 18.2 Å². The molecule has 0 aromatic heterocycles. The molecule has 11 heteroatoms. The minimum absolute atomic E-state index is 0.102. The van der Waals surface area contributed by atoms with Crippen molar-refractivity contribution < 1.29 is 14.3 Å². The molecule has 0 amide bonds. The van der Waals surface area contributed by atoms with Crippen LogP contribution in [0.5, 0.6) is 11.5 Å². The van der Waals surface area contributed by atoms with E-state index in [4.69, 9.17) is 32.7 Å². The average molecular weight is 1170 g/mol. The first-order valence-corrected chi connectivity index (χ1v) is 26.9. The van der Waals surface area contributed by atoms with Gasteiger partial charge in [0.25, 0.3) is 0 Å². The van der Waals surface area contributed by atoms with Gasteiger partial charge in [0.2, 0.25) is 0 Å². The van der Waals surface area contributed by atoms with E-state index in [-0.39, 0.29) is 5.78 Å². The molecule has 0 unspecified atom stereocenters. The van der Waals surface area contributed by atoms with Crippen molar-refractivity contribution in [3.8, 4) is 11.5 Å². The topological polar surface area (TPSA) is 35.5 Å². The fraction of sp³-hybridized carbons (Fsp3) is 0.167. The zero-order chi connectivity index (χ0) is 30.8. The molecule has 0 heterocycles. The summed E-state index contributed by atoms with van der Waals surface area (Å²) in [5, 5.41) is 1.24. The molecule has 0 fully saturated rings. The molecule has 0 bridgehead atoms. The molecule has 0 aliphatic heterocycles.